The lowest BCUT2D eigenvalue weighted by Crippen LogP contribution is -2.27. The Bertz CT molecular complexity index is 803. The first-order chi connectivity index (χ1) is 12.0. The summed E-state index contributed by atoms with van der Waals surface area (Å²) in [6, 6.07) is 8.58. The standard InChI is InChI=1S/C23H30O3/c1-14-9-17(4)22(18(5)10-14)19-11-16(3)20(12-15(19)2)25-13-21(24)26-23(6,7)8/h9-12H,13H2,1-8H3. The van der Waals surface area contributed by atoms with Crippen LogP contribution in [0.2, 0.25) is 0 Å². The maximum Gasteiger partial charge on any atom is 0.344 e. The van der Waals surface area contributed by atoms with E-state index in [1.807, 2.05) is 33.8 Å². The molecule has 0 atom stereocenters. The highest BCUT2D eigenvalue weighted by Crippen LogP contribution is 2.34. The first kappa shape index (κ1) is 20.0. The number of benzene rings is 2. The van der Waals surface area contributed by atoms with Crippen molar-refractivity contribution in [2.24, 2.45) is 0 Å². The normalized spacial score (nSPS) is 11.4. The maximum atomic E-state index is 11.9. The fraction of sp³-hybridized carbons (Fsp3) is 0.435. The summed E-state index contributed by atoms with van der Waals surface area (Å²) in [4.78, 5) is 11.9. The predicted octanol–water partition coefficient (Wildman–Crippen LogP) is 5.62. The molecule has 0 bridgehead atoms. The molecule has 0 fully saturated rings. The Balaban J connectivity index is 2.28. The number of hydrogen-bond acceptors (Lipinski definition) is 3. The van der Waals surface area contributed by atoms with Crippen molar-refractivity contribution < 1.29 is 14.3 Å². The van der Waals surface area contributed by atoms with Gasteiger partial charge < -0.3 is 9.47 Å². The van der Waals surface area contributed by atoms with Crippen LogP contribution in [0.15, 0.2) is 24.3 Å². The van der Waals surface area contributed by atoms with Gasteiger partial charge in [0.05, 0.1) is 0 Å². The molecule has 0 N–H and O–H groups in total. The van der Waals surface area contributed by atoms with Crippen LogP contribution >= 0.6 is 0 Å². The van der Waals surface area contributed by atoms with Gasteiger partial charge in [-0.05, 0) is 101 Å². The number of ether oxygens (including phenoxy) is 2. The third-order valence-corrected chi connectivity index (χ3v) is 4.23. The molecule has 3 heteroatoms. The van der Waals surface area contributed by atoms with Gasteiger partial charge in [0, 0.05) is 0 Å². The van der Waals surface area contributed by atoms with Gasteiger partial charge in [-0.3, -0.25) is 0 Å². The zero-order chi connectivity index (χ0) is 19.6. The molecule has 26 heavy (non-hydrogen) atoms. The van der Waals surface area contributed by atoms with Gasteiger partial charge in [-0.2, -0.15) is 0 Å². The van der Waals surface area contributed by atoms with E-state index in [2.05, 4.69) is 45.9 Å². The van der Waals surface area contributed by atoms with Crippen molar-refractivity contribution in [3.8, 4) is 16.9 Å². The second-order valence-corrected chi connectivity index (χ2v) is 8.08. The van der Waals surface area contributed by atoms with Gasteiger partial charge in [0.1, 0.15) is 11.4 Å². The van der Waals surface area contributed by atoms with Crippen LogP contribution in [0.4, 0.5) is 0 Å². The largest absolute Gasteiger partial charge is 0.482 e. The molecular formula is C23H30O3. The minimum atomic E-state index is -0.504. The molecule has 0 amide bonds. The Morgan fingerprint density at radius 2 is 1.42 bits per heavy atom. The summed E-state index contributed by atoms with van der Waals surface area (Å²) in [5.41, 5.74) is 7.93. The van der Waals surface area contributed by atoms with Crippen molar-refractivity contribution in [3.05, 3.63) is 52.1 Å². The third kappa shape index (κ3) is 4.87. The Hall–Kier alpha value is -2.29. The monoisotopic (exact) mass is 354 g/mol. The van der Waals surface area contributed by atoms with Crippen LogP contribution in [0.1, 0.15) is 48.6 Å². The summed E-state index contributed by atoms with van der Waals surface area (Å²) in [6.45, 7) is 16.0. The van der Waals surface area contributed by atoms with Gasteiger partial charge in [-0.15, -0.1) is 0 Å². The summed E-state index contributed by atoms with van der Waals surface area (Å²) < 4.78 is 11.0. The molecule has 0 aliphatic heterocycles. The molecule has 2 aromatic rings. The summed E-state index contributed by atoms with van der Waals surface area (Å²) in [7, 11) is 0. The fourth-order valence-electron chi connectivity index (χ4n) is 3.33. The van der Waals surface area contributed by atoms with E-state index in [0.717, 1.165) is 16.9 Å². The molecule has 0 aliphatic rings. The molecule has 0 unspecified atom stereocenters. The first-order valence-electron chi connectivity index (χ1n) is 9.02. The van der Waals surface area contributed by atoms with Gasteiger partial charge in [0.25, 0.3) is 0 Å². The highest BCUT2D eigenvalue weighted by molar-refractivity contribution is 5.76. The van der Waals surface area contributed by atoms with Crippen LogP contribution in [0.25, 0.3) is 11.1 Å². The molecule has 0 aromatic heterocycles. The molecule has 2 aromatic carbocycles. The van der Waals surface area contributed by atoms with Crippen LogP contribution in [0.3, 0.4) is 0 Å². The average Bonchev–Trinajstić information content (AvgIpc) is 2.46. The second-order valence-electron chi connectivity index (χ2n) is 8.08. The SMILES string of the molecule is Cc1cc(C)c(-c2cc(C)c(OCC(=O)OC(C)(C)C)cc2C)c(C)c1. The first-order valence-corrected chi connectivity index (χ1v) is 9.02. The molecule has 0 aliphatic carbocycles. The van der Waals surface area contributed by atoms with Gasteiger partial charge in [-0.25, -0.2) is 4.79 Å². The number of carbonyl (C=O) groups excluding carboxylic acids is 1. The van der Waals surface area contributed by atoms with Crippen LogP contribution in [-0.2, 0) is 9.53 Å². The smallest absolute Gasteiger partial charge is 0.344 e. The van der Waals surface area contributed by atoms with Crippen LogP contribution in [0, 0.1) is 34.6 Å². The fourth-order valence-corrected chi connectivity index (χ4v) is 3.33. The van der Waals surface area contributed by atoms with E-state index < -0.39 is 5.60 Å². The second kappa shape index (κ2) is 7.53. The van der Waals surface area contributed by atoms with Gasteiger partial charge in [0.2, 0.25) is 0 Å². The lowest BCUT2D eigenvalue weighted by atomic mass is 9.90. The summed E-state index contributed by atoms with van der Waals surface area (Å²) in [6.07, 6.45) is 0. The minimum absolute atomic E-state index is 0.0838. The maximum absolute atomic E-state index is 11.9. The van der Waals surface area contributed by atoms with Gasteiger partial charge in [-0.1, -0.05) is 17.7 Å². The van der Waals surface area contributed by atoms with Gasteiger partial charge >= 0.3 is 5.97 Å². The van der Waals surface area contributed by atoms with E-state index in [1.54, 1.807) is 0 Å². The Labute approximate surface area is 157 Å². The van der Waals surface area contributed by atoms with Crippen molar-refractivity contribution >= 4 is 5.97 Å². The van der Waals surface area contributed by atoms with Crippen molar-refractivity contribution in [2.75, 3.05) is 6.61 Å². The third-order valence-electron chi connectivity index (χ3n) is 4.23. The molecular weight excluding hydrogens is 324 g/mol. The van der Waals surface area contributed by atoms with Crippen molar-refractivity contribution in [2.45, 2.75) is 61.0 Å². The Kier molecular flexibility index (Phi) is 5.80. The summed E-state index contributed by atoms with van der Waals surface area (Å²) in [5, 5.41) is 0. The van der Waals surface area contributed by atoms with E-state index in [0.29, 0.717) is 0 Å². The van der Waals surface area contributed by atoms with Crippen molar-refractivity contribution in [3.63, 3.8) is 0 Å². The quantitative estimate of drug-likeness (QED) is 0.669. The zero-order valence-electron chi connectivity index (χ0n) is 17.2. The Morgan fingerprint density at radius 3 is 1.96 bits per heavy atom. The molecule has 2 rings (SSSR count). The molecule has 3 nitrogen and oxygen atoms in total. The van der Waals surface area contributed by atoms with Crippen LogP contribution in [-0.4, -0.2) is 18.2 Å². The summed E-state index contributed by atoms with van der Waals surface area (Å²) in [5.74, 6) is 0.364. The summed E-state index contributed by atoms with van der Waals surface area (Å²) >= 11 is 0. The van der Waals surface area contributed by atoms with Crippen LogP contribution in [0.5, 0.6) is 5.75 Å². The molecule has 0 saturated carbocycles. The van der Waals surface area contributed by atoms with Crippen LogP contribution < -0.4 is 4.74 Å². The molecule has 140 valence electrons. The average molecular weight is 354 g/mol. The topological polar surface area (TPSA) is 35.5 Å². The lowest BCUT2D eigenvalue weighted by Gasteiger charge is -2.20. The molecule has 0 saturated heterocycles. The number of aryl methyl sites for hydroxylation is 5. The van der Waals surface area contributed by atoms with E-state index in [-0.39, 0.29) is 12.6 Å². The predicted molar refractivity (Wildman–Crippen MR) is 107 cm³/mol. The van der Waals surface area contributed by atoms with E-state index >= 15 is 0 Å². The number of esters is 1. The molecule has 0 heterocycles. The highest BCUT2D eigenvalue weighted by atomic mass is 16.6. The lowest BCUT2D eigenvalue weighted by molar-refractivity contribution is -0.157. The minimum Gasteiger partial charge on any atom is -0.482 e. The van der Waals surface area contributed by atoms with Crippen molar-refractivity contribution in [1.82, 2.24) is 0 Å². The molecule has 0 spiro atoms. The number of rotatable bonds is 4. The van der Waals surface area contributed by atoms with E-state index in [4.69, 9.17) is 9.47 Å². The zero-order valence-corrected chi connectivity index (χ0v) is 17.2. The molecule has 0 radical (unpaired) electrons. The highest BCUT2D eigenvalue weighted by Gasteiger charge is 2.18. The van der Waals surface area contributed by atoms with E-state index in [1.165, 1.54) is 27.8 Å². The Morgan fingerprint density at radius 1 is 0.846 bits per heavy atom. The van der Waals surface area contributed by atoms with E-state index in [9.17, 15) is 4.79 Å². The van der Waals surface area contributed by atoms with Crippen molar-refractivity contribution in [1.29, 1.82) is 0 Å². The number of carbonyl (C=O) groups is 1. The number of hydrogen-bond donors (Lipinski definition) is 0. The van der Waals surface area contributed by atoms with Gasteiger partial charge in [0.15, 0.2) is 6.61 Å².